The van der Waals surface area contributed by atoms with E-state index in [1.165, 1.54) is 67.1 Å². The molecule has 2 aliphatic rings. The van der Waals surface area contributed by atoms with Gasteiger partial charge in [0.25, 0.3) is 0 Å². The first kappa shape index (κ1) is 22.1. The lowest BCUT2D eigenvalue weighted by Crippen LogP contribution is -2.53. The predicted molar refractivity (Wildman–Crippen MR) is 115 cm³/mol. The lowest BCUT2D eigenvalue weighted by molar-refractivity contribution is -0.0657. The molecule has 2 heterocycles. The van der Waals surface area contributed by atoms with Crippen LogP contribution in [-0.2, 0) is 12.1 Å². The highest BCUT2D eigenvalue weighted by molar-refractivity contribution is 5.27. The lowest BCUT2D eigenvalue weighted by Gasteiger charge is -2.43. The van der Waals surface area contributed by atoms with Crippen LogP contribution in [0.15, 0.2) is 42.5 Å². The average Bonchev–Trinajstić information content (AvgIpc) is 3.27. The molecule has 5 nitrogen and oxygen atoms in total. The number of hydrogen-bond donors (Lipinski definition) is 1. The van der Waals surface area contributed by atoms with Gasteiger partial charge < -0.3 is 5.11 Å². The molecule has 1 aromatic heterocycles. The third kappa shape index (κ3) is 5.04. The number of hydrogen-bond acceptors (Lipinski definition) is 4. The fourth-order valence-corrected chi connectivity index (χ4v) is 5.15. The first-order valence-electron chi connectivity index (χ1n) is 11.4. The van der Waals surface area contributed by atoms with Gasteiger partial charge in [-0.05, 0) is 44.6 Å². The summed E-state index contributed by atoms with van der Waals surface area (Å²) in [4.78, 5) is 6.15. The minimum Gasteiger partial charge on any atom is -0.381 e. The Kier molecular flexibility index (Phi) is 6.82. The monoisotopic (exact) mass is 430 g/mol. The van der Waals surface area contributed by atoms with Gasteiger partial charge in [0.2, 0.25) is 0 Å². The molecule has 2 fully saturated rings. The summed E-state index contributed by atoms with van der Waals surface area (Å²) in [6.45, 7) is 3.57. The molecule has 1 saturated carbocycles. The Balaban J connectivity index is 1.52. The molecule has 7 heteroatoms. The minimum absolute atomic E-state index is 0.0397. The maximum Gasteiger partial charge on any atom is 0.137 e. The molecule has 31 heavy (non-hydrogen) atoms. The normalized spacial score (nSPS) is 21.6. The van der Waals surface area contributed by atoms with E-state index in [0.717, 1.165) is 32.0 Å². The Morgan fingerprint density at radius 2 is 1.94 bits per heavy atom. The molecule has 2 unspecified atom stereocenters. The predicted octanol–water partition coefficient (Wildman–Crippen LogP) is 4.44. The van der Waals surface area contributed by atoms with Crippen LogP contribution >= 0.6 is 0 Å². The average molecular weight is 431 g/mol. The molecule has 0 bridgehead atoms. The topological polar surface area (TPSA) is 54.2 Å². The zero-order valence-corrected chi connectivity index (χ0v) is 18.2. The summed E-state index contributed by atoms with van der Waals surface area (Å²) >= 11 is 0. The molecule has 1 N–H and O–H groups in total. The minimum atomic E-state index is -1.57. The fraction of sp³-hybridized carbons (Fsp3) is 0.583. The van der Waals surface area contributed by atoms with Gasteiger partial charge in [-0.2, -0.15) is 5.10 Å². The van der Waals surface area contributed by atoms with Crippen LogP contribution < -0.4 is 0 Å². The van der Waals surface area contributed by atoms with Crippen molar-refractivity contribution in [1.82, 2.24) is 19.7 Å². The molecule has 2 aromatic rings. The number of likely N-dealkylation sites (tertiary alicyclic amines) is 1. The van der Waals surface area contributed by atoms with E-state index in [0.29, 0.717) is 5.92 Å². The van der Waals surface area contributed by atoms with Crippen molar-refractivity contribution >= 4 is 0 Å². The second kappa shape index (κ2) is 9.57. The van der Waals surface area contributed by atoms with Gasteiger partial charge in [0.15, 0.2) is 0 Å². The zero-order valence-electron chi connectivity index (χ0n) is 18.2. The van der Waals surface area contributed by atoms with Crippen molar-refractivity contribution in [2.24, 2.45) is 5.92 Å². The van der Waals surface area contributed by atoms with E-state index in [-0.39, 0.29) is 18.2 Å². The molecule has 1 aliphatic carbocycles. The van der Waals surface area contributed by atoms with Crippen molar-refractivity contribution in [2.75, 3.05) is 13.1 Å². The SMILES string of the molecule is CC(N1CCC(=CC2CCCCC2)CC1)C(O)(Cn1cncn1)c1ccc(F)cc1F. The molecule has 2 atom stereocenters. The molecule has 0 spiro atoms. The number of nitrogens with zero attached hydrogens (tertiary/aromatic N) is 4. The van der Waals surface area contributed by atoms with E-state index in [2.05, 4.69) is 21.1 Å². The molecule has 4 rings (SSSR count). The van der Waals surface area contributed by atoms with Crippen LogP contribution in [0.4, 0.5) is 8.78 Å². The van der Waals surface area contributed by atoms with Crippen molar-refractivity contribution < 1.29 is 13.9 Å². The molecule has 1 saturated heterocycles. The van der Waals surface area contributed by atoms with Crippen LogP contribution in [0, 0.1) is 17.6 Å². The lowest BCUT2D eigenvalue weighted by atomic mass is 9.83. The molecule has 0 radical (unpaired) electrons. The Morgan fingerprint density at radius 3 is 2.58 bits per heavy atom. The summed E-state index contributed by atoms with van der Waals surface area (Å²) < 4.78 is 29.8. The van der Waals surface area contributed by atoms with E-state index in [9.17, 15) is 13.9 Å². The van der Waals surface area contributed by atoms with Crippen molar-refractivity contribution in [3.8, 4) is 0 Å². The summed E-state index contributed by atoms with van der Waals surface area (Å²) in [5.41, 5.74) is 0.0133. The van der Waals surface area contributed by atoms with E-state index < -0.39 is 17.2 Å². The first-order chi connectivity index (χ1) is 15.0. The third-order valence-electron chi connectivity index (χ3n) is 7.07. The Morgan fingerprint density at radius 1 is 1.19 bits per heavy atom. The maximum absolute atomic E-state index is 14.8. The second-order valence-corrected chi connectivity index (χ2v) is 9.08. The number of piperidine rings is 1. The highest BCUT2D eigenvalue weighted by Gasteiger charge is 2.42. The first-order valence-corrected chi connectivity index (χ1v) is 11.4. The highest BCUT2D eigenvalue weighted by Crippen LogP contribution is 2.35. The van der Waals surface area contributed by atoms with Gasteiger partial charge in [-0.3, -0.25) is 4.90 Å². The Bertz CT molecular complexity index is 885. The van der Waals surface area contributed by atoms with Gasteiger partial charge in [-0.15, -0.1) is 0 Å². The molecule has 1 aliphatic heterocycles. The number of rotatable bonds is 6. The smallest absolute Gasteiger partial charge is 0.137 e. The zero-order chi connectivity index (χ0) is 21.8. The summed E-state index contributed by atoms with van der Waals surface area (Å²) in [6, 6.07) is 2.98. The molecule has 0 amide bonds. The van der Waals surface area contributed by atoms with Gasteiger partial charge in [0.1, 0.15) is 29.9 Å². The highest BCUT2D eigenvalue weighted by atomic mass is 19.1. The van der Waals surface area contributed by atoms with Gasteiger partial charge >= 0.3 is 0 Å². The summed E-state index contributed by atoms with van der Waals surface area (Å²) in [6.07, 6.45) is 13.9. The van der Waals surface area contributed by atoms with Crippen molar-refractivity contribution in [2.45, 2.75) is 70.1 Å². The quantitative estimate of drug-likeness (QED) is 0.689. The van der Waals surface area contributed by atoms with E-state index >= 15 is 0 Å². The summed E-state index contributed by atoms with van der Waals surface area (Å²) in [7, 11) is 0. The van der Waals surface area contributed by atoms with Crippen molar-refractivity contribution in [3.63, 3.8) is 0 Å². The van der Waals surface area contributed by atoms with Gasteiger partial charge in [-0.25, -0.2) is 18.4 Å². The fourth-order valence-electron chi connectivity index (χ4n) is 5.15. The van der Waals surface area contributed by atoms with Gasteiger partial charge in [0, 0.05) is 30.8 Å². The number of halogens is 2. The van der Waals surface area contributed by atoms with E-state index in [4.69, 9.17) is 0 Å². The van der Waals surface area contributed by atoms with Crippen molar-refractivity contribution in [3.05, 3.63) is 59.7 Å². The van der Waals surface area contributed by atoms with E-state index in [1.54, 1.807) is 0 Å². The van der Waals surface area contributed by atoms with Crippen LogP contribution in [0.2, 0.25) is 0 Å². The van der Waals surface area contributed by atoms with Crippen LogP contribution in [0.3, 0.4) is 0 Å². The largest absolute Gasteiger partial charge is 0.381 e. The second-order valence-electron chi connectivity index (χ2n) is 9.08. The van der Waals surface area contributed by atoms with Crippen LogP contribution in [0.1, 0.15) is 57.4 Å². The Labute approximate surface area is 182 Å². The molecule has 1 aromatic carbocycles. The molecular weight excluding hydrogens is 398 g/mol. The summed E-state index contributed by atoms with van der Waals surface area (Å²) in [5, 5.41) is 15.9. The van der Waals surface area contributed by atoms with E-state index in [1.807, 2.05) is 6.92 Å². The number of aromatic nitrogens is 3. The maximum atomic E-state index is 14.8. The number of aliphatic hydroxyl groups is 1. The number of benzene rings is 1. The standard InChI is InChI=1S/C24H32F2N4O/c1-18(29-11-9-20(10-12-29)13-19-5-3-2-4-6-19)24(31,15-30-17-27-16-28-30)22-8-7-21(25)14-23(22)26/h7-8,13-14,16-19,31H,2-6,9-12,15H2,1H3. The van der Waals surface area contributed by atoms with Crippen LogP contribution in [0.5, 0.6) is 0 Å². The van der Waals surface area contributed by atoms with Crippen LogP contribution in [0.25, 0.3) is 0 Å². The third-order valence-corrected chi connectivity index (χ3v) is 7.07. The summed E-state index contributed by atoms with van der Waals surface area (Å²) in [5.74, 6) is -0.692. The molecular formula is C24H32F2N4O. The number of allylic oxidation sites excluding steroid dienone is 1. The Hall–Kier alpha value is -2.12. The van der Waals surface area contributed by atoms with Gasteiger partial charge in [-0.1, -0.05) is 37.0 Å². The van der Waals surface area contributed by atoms with Crippen molar-refractivity contribution in [1.29, 1.82) is 0 Å². The van der Waals surface area contributed by atoms with Gasteiger partial charge in [0.05, 0.1) is 6.54 Å². The molecule has 168 valence electrons. The van der Waals surface area contributed by atoms with Crippen LogP contribution in [-0.4, -0.2) is 43.9 Å².